The lowest BCUT2D eigenvalue weighted by Gasteiger charge is -2.34. The van der Waals surface area contributed by atoms with Gasteiger partial charge in [-0.15, -0.1) is 11.3 Å². The maximum absolute atomic E-state index is 12.1. The zero-order valence-electron chi connectivity index (χ0n) is 22.3. The summed E-state index contributed by atoms with van der Waals surface area (Å²) in [4.78, 5) is 4.60. The Morgan fingerprint density at radius 2 is 1.72 bits per heavy atom. The van der Waals surface area contributed by atoms with E-state index in [9.17, 15) is 8.42 Å². The Balaban J connectivity index is 1.55. The van der Waals surface area contributed by atoms with E-state index in [4.69, 9.17) is 21.1 Å². The highest BCUT2D eigenvalue weighted by molar-refractivity contribution is 7.90. The van der Waals surface area contributed by atoms with Gasteiger partial charge in [-0.25, -0.2) is 13.1 Å². The Bertz CT molecular complexity index is 1700. The average Bonchev–Trinajstić information content (AvgIpc) is 3.64. The van der Waals surface area contributed by atoms with Crippen LogP contribution in [0.15, 0.2) is 94.4 Å². The minimum atomic E-state index is -3.30. The summed E-state index contributed by atoms with van der Waals surface area (Å²) in [5.41, 5.74) is 3.35. The lowest BCUT2D eigenvalue weighted by atomic mass is 10.1. The second kappa shape index (κ2) is 10.8. The zero-order chi connectivity index (χ0) is 27.8. The van der Waals surface area contributed by atoms with Crippen molar-refractivity contribution in [2.45, 2.75) is 44.3 Å². The molecule has 5 rings (SSSR count). The molecule has 0 radical (unpaired) electrons. The molecule has 0 saturated carbocycles. The normalized spacial score (nSPS) is 12.4. The van der Waals surface area contributed by atoms with E-state index in [1.54, 1.807) is 35.8 Å². The van der Waals surface area contributed by atoms with E-state index >= 15 is 0 Å². The fraction of sp³-hybridized carbons (Fsp3) is 0.233. The molecule has 2 aromatic carbocycles. The van der Waals surface area contributed by atoms with Gasteiger partial charge in [-0.3, -0.25) is 4.90 Å². The first-order valence-electron chi connectivity index (χ1n) is 12.5. The number of thiophene rings is 1. The van der Waals surface area contributed by atoms with Crippen molar-refractivity contribution < 1.29 is 12.8 Å². The van der Waals surface area contributed by atoms with Crippen molar-refractivity contribution in [2.24, 2.45) is 0 Å². The van der Waals surface area contributed by atoms with Gasteiger partial charge >= 0.3 is 0 Å². The summed E-state index contributed by atoms with van der Waals surface area (Å²) >= 11 is 8.21. The number of aromatic nitrogens is 2. The molecule has 0 aliphatic rings. The van der Waals surface area contributed by atoms with Crippen LogP contribution in [0.2, 0.25) is 5.02 Å². The predicted molar refractivity (Wildman–Crippen MR) is 158 cm³/mol. The summed E-state index contributed by atoms with van der Waals surface area (Å²) in [5, 5.41) is 5.62. The molecule has 0 unspecified atom stereocenters. The molecular formula is C30H30ClN3O3S2. The van der Waals surface area contributed by atoms with Crippen LogP contribution in [-0.4, -0.2) is 34.9 Å². The second-order valence-corrected chi connectivity index (χ2v) is 14.0. The molecule has 39 heavy (non-hydrogen) atoms. The minimum absolute atomic E-state index is 0.123. The van der Waals surface area contributed by atoms with Crippen molar-refractivity contribution in [3.05, 3.63) is 102 Å². The molecule has 0 spiro atoms. The van der Waals surface area contributed by atoms with E-state index in [-0.39, 0.29) is 5.54 Å². The highest BCUT2D eigenvalue weighted by Crippen LogP contribution is 2.37. The van der Waals surface area contributed by atoms with Crippen LogP contribution in [0.4, 0.5) is 0 Å². The van der Waals surface area contributed by atoms with Gasteiger partial charge in [-0.2, -0.15) is 5.10 Å². The molecule has 0 saturated heterocycles. The average molecular weight is 580 g/mol. The molecule has 6 nitrogen and oxygen atoms in total. The third kappa shape index (κ3) is 6.20. The van der Waals surface area contributed by atoms with Crippen LogP contribution < -0.4 is 0 Å². The maximum Gasteiger partial charge on any atom is 0.175 e. The number of hydrogen-bond acceptors (Lipinski definition) is 6. The van der Waals surface area contributed by atoms with E-state index in [1.807, 2.05) is 59.3 Å². The lowest BCUT2D eigenvalue weighted by Crippen LogP contribution is -2.40. The van der Waals surface area contributed by atoms with Gasteiger partial charge < -0.3 is 4.42 Å². The molecule has 0 bridgehead atoms. The Labute approximate surface area is 238 Å². The topological polar surface area (TPSA) is 68.3 Å². The number of nitrogens with zero attached hydrogens (tertiary/aromatic N) is 3. The van der Waals surface area contributed by atoms with Crippen molar-refractivity contribution in [1.82, 2.24) is 14.7 Å². The number of rotatable bonds is 8. The van der Waals surface area contributed by atoms with Gasteiger partial charge in [0.25, 0.3) is 0 Å². The Morgan fingerprint density at radius 1 is 0.949 bits per heavy atom. The van der Waals surface area contributed by atoms with Crippen molar-refractivity contribution in [3.63, 3.8) is 0 Å². The van der Waals surface area contributed by atoms with E-state index in [1.165, 1.54) is 6.26 Å². The molecule has 3 aromatic heterocycles. The van der Waals surface area contributed by atoms with Gasteiger partial charge in [0.1, 0.15) is 5.76 Å². The monoisotopic (exact) mass is 579 g/mol. The summed E-state index contributed by atoms with van der Waals surface area (Å²) in [6.07, 6.45) is 2.92. The summed E-state index contributed by atoms with van der Waals surface area (Å²) < 4.78 is 31.7. The van der Waals surface area contributed by atoms with Gasteiger partial charge in [-0.1, -0.05) is 35.9 Å². The molecule has 5 aromatic rings. The number of benzene rings is 2. The Kier molecular flexibility index (Phi) is 7.57. The lowest BCUT2D eigenvalue weighted by molar-refractivity contribution is 0.107. The summed E-state index contributed by atoms with van der Waals surface area (Å²) in [6.45, 7) is 7.81. The van der Waals surface area contributed by atoms with Crippen LogP contribution in [0.25, 0.3) is 26.7 Å². The van der Waals surface area contributed by atoms with Gasteiger partial charge in [0, 0.05) is 23.2 Å². The standard InChI is InChI=1S/C30H30ClN3O3S2/c1-30(2,3)33(20-23-10-8-16-37-23)19-22-18-27(34(32-22)26-13-6-5-12-25(26)31)29-15-14-28(38-29)21-9-7-11-24(17-21)39(4,35)36/h5-18H,19-20H2,1-4H3. The quantitative estimate of drug-likeness (QED) is 0.188. The van der Waals surface area contributed by atoms with Crippen LogP contribution in [0.5, 0.6) is 0 Å². The van der Waals surface area contributed by atoms with Crippen LogP contribution in [0.1, 0.15) is 32.2 Å². The molecule has 9 heteroatoms. The first kappa shape index (κ1) is 27.4. The van der Waals surface area contributed by atoms with Crippen LogP contribution in [0.3, 0.4) is 0 Å². The summed E-state index contributed by atoms with van der Waals surface area (Å²) in [5.74, 6) is 0.898. The summed E-state index contributed by atoms with van der Waals surface area (Å²) in [7, 11) is -3.30. The van der Waals surface area contributed by atoms with Crippen molar-refractivity contribution in [3.8, 4) is 26.7 Å². The highest BCUT2D eigenvalue weighted by atomic mass is 35.5. The third-order valence-electron chi connectivity index (χ3n) is 6.47. The molecule has 0 fully saturated rings. The smallest absolute Gasteiger partial charge is 0.175 e. The van der Waals surface area contributed by atoms with Gasteiger partial charge in [0.05, 0.1) is 44.7 Å². The Hall–Kier alpha value is -3.17. The van der Waals surface area contributed by atoms with Crippen LogP contribution >= 0.6 is 22.9 Å². The number of sulfone groups is 1. The van der Waals surface area contributed by atoms with E-state index in [0.717, 1.165) is 38.2 Å². The molecule has 0 N–H and O–H groups in total. The molecule has 0 aliphatic carbocycles. The van der Waals surface area contributed by atoms with Crippen molar-refractivity contribution >= 4 is 32.8 Å². The highest BCUT2D eigenvalue weighted by Gasteiger charge is 2.25. The number of para-hydroxylation sites is 1. The van der Waals surface area contributed by atoms with Gasteiger partial charge in [-0.05, 0) is 80.9 Å². The fourth-order valence-electron chi connectivity index (χ4n) is 4.32. The van der Waals surface area contributed by atoms with Crippen LogP contribution in [0, 0.1) is 0 Å². The van der Waals surface area contributed by atoms with Crippen LogP contribution in [-0.2, 0) is 22.9 Å². The predicted octanol–water partition coefficient (Wildman–Crippen LogP) is 7.72. The van der Waals surface area contributed by atoms with Crippen molar-refractivity contribution in [1.29, 1.82) is 0 Å². The largest absolute Gasteiger partial charge is 0.468 e. The molecular weight excluding hydrogens is 550 g/mol. The number of halogens is 1. The maximum atomic E-state index is 12.1. The fourth-order valence-corrected chi connectivity index (χ4v) is 6.20. The molecule has 0 atom stereocenters. The summed E-state index contributed by atoms with van der Waals surface area (Å²) in [6, 6.07) is 24.8. The SMILES string of the molecule is CC(C)(C)N(Cc1cc(-c2ccc(-c3cccc(S(C)(=O)=O)c3)s2)n(-c2ccccc2Cl)n1)Cc1ccco1. The molecule has 202 valence electrons. The molecule has 0 amide bonds. The number of hydrogen-bond donors (Lipinski definition) is 0. The van der Waals surface area contributed by atoms with Gasteiger partial charge in [0.15, 0.2) is 9.84 Å². The van der Waals surface area contributed by atoms with Gasteiger partial charge in [0.2, 0.25) is 0 Å². The zero-order valence-corrected chi connectivity index (χ0v) is 24.6. The first-order chi connectivity index (χ1) is 18.5. The third-order valence-corrected chi connectivity index (χ3v) is 9.06. The van der Waals surface area contributed by atoms with Crippen molar-refractivity contribution in [2.75, 3.05) is 6.26 Å². The van der Waals surface area contributed by atoms with E-state index in [2.05, 4.69) is 31.7 Å². The number of furan rings is 1. The van der Waals surface area contributed by atoms with E-state index in [0.29, 0.717) is 23.0 Å². The molecule has 0 aliphatic heterocycles. The first-order valence-corrected chi connectivity index (χ1v) is 15.6. The van der Waals surface area contributed by atoms with E-state index < -0.39 is 9.84 Å². The second-order valence-electron chi connectivity index (χ2n) is 10.5. The molecule has 3 heterocycles. The minimum Gasteiger partial charge on any atom is -0.468 e. The Morgan fingerprint density at radius 3 is 2.41 bits per heavy atom.